The van der Waals surface area contributed by atoms with Gasteiger partial charge in [-0.3, -0.25) is 20.2 Å². The van der Waals surface area contributed by atoms with Gasteiger partial charge in [-0.05, 0) is 60.8 Å². The molecular formula is C20H13Cl2N3O4S. The average Bonchev–Trinajstić information content (AvgIpc) is 3.15. The summed E-state index contributed by atoms with van der Waals surface area (Å²) in [5.41, 5.74) is 1.17. The van der Waals surface area contributed by atoms with E-state index < -0.39 is 10.8 Å². The molecule has 0 bridgehead atoms. The molecule has 0 aliphatic heterocycles. The molecule has 1 aromatic heterocycles. The SMILES string of the molecule is O=C(/C=C/c1ccc(-c2cc(Cl)cc(Cl)c2)o1)NC(=S)Nc1ccc([N+](=O)[O-])cc1. The van der Waals surface area contributed by atoms with Gasteiger partial charge in [-0.15, -0.1) is 0 Å². The molecule has 0 atom stereocenters. The van der Waals surface area contributed by atoms with Gasteiger partial charge in [-0.1, -0.05) is 23.2 Å². The average molecular weight is 462 g/mol. The number of nitro groups is 1. The summed E-state index contributed by atoms with van der Waals surface area (Å²) in [6, 6.07) is 14.1. The van der Waals surface area contributed by atoms with Crippen LogP contribution in [0.2, 0.25) is 10.0 Å². The fourth-order valence-electron chi connectivity index (χ4n) is 2.43. The Balaban J connectivity index is 1.57. The molecule has 0 saturated heterocycles. The van der Waals surface area contributed by atoms with Crippen molar-refractivity contribution >= 4 is 63.9 Å². The third kappa shape index (κ3) is 5.90. The van der Waals surface area contributed by atoms with Crippen molar-refractivity contribution in [2.45, 2.75) is 0 Å². The van der Waals surface area contributed by atoms with Crippen LogP contribution in [0, 0.1) is 10.1 Å². The number of nitrogens with one attached hydrogen (secondary N) is 2. The van der Waals surface area contributed by atoms with Crippen LogP contribution in [-0.2, 0) is 4.79 Å². The third-order valence-corrected chi connectivity index (χ3v) is 4.39. The highest BCUT2D eigenvalue weighted by molar-refractivity contribution is 7.80. The number of carbonyl (C=O) groups is 1. The predicted molar refractivity (Wildman–Crippen MR) is 121 cm³/mol. The molecule has 0 spiro atoms. The Morgan fingerprint density at radius 3 is 2.37 bits per heavy atom. The highest BCUT2D eigenvalue weighted by Gasteiger charge is 2.08. The van der Waals surface area contributed by atoms with E-state index in [0.717, 1.165) is 0 Å². The lowest BCUT2D eigenvalue weighted by molar-refractivity contribution is -0.384. The minimum Gasteiger partial charge on any atom is -0.457 e. The molecule has 30 heavy (non-hydrogen) atoms. The van der Waals surface area contributed by atoms with Crippen molar-refractivity contribution in [2.24, 2.45) is 0 Å². The number of nitro benzene ring substituents is 1. The van der Waals surface area contributed by atoms with E-state index in [1.54, 1.807) is 30.3 Å². The summed E-state index contributed by atoms with van der Waals surface area (Å²) >= 11 is 17.1. The molecule has 2 aromatic carbocycles. The molecule has 10 heteroatoms. The number of anilines is 1. The van der Waals surface area contributed by atoms with Crippen LogP contribution in [0.4, 0.5) is 11.4 Å². The van der Waals surface area contributed by atoms with Gasteiger partial charge in [0.05, 0.1) is 4.92 Å². The molecule has 7 nitrogen and oxygen atoms in total. The van der Waals surface area contributed by atoms with Gasteiger partial charge in [0.1, 0.15) is 11.5 Å². The summed E-state index contributed by atoms with van der Waals surface area (Å²) in [5, 5.41) is 16.9. The van der Waals surface area contributed by atoms with Crippen molar-refractivity contribution in [1.82, 2.24) is 5.32 Å². The van der Waals surface area contributed by atoms with Crippen molar-refractivity contribution in [3.63, 3.8) is 0 Å². The standard InChI is InChI=1S/C20H13Cl2N3O4S/c21-13-9-12(10-14(22)11-13)18-7-5-17(29-18)6-8-19(26)24-20(30)23-15-1-3-16(4-2-15)25(27)28/h1-11H,(H2,23,24,26,30)/b8-6+. The molecule has 2 N–H and O–H groups in total. The number of hydrogen-bond donors (Lipinski definition) is 2. The number of carbonyl (C=O) groups excluding carboxylic acids is 1. The maximum absolute atomic E-state index is 12.0. The second-order valence-electron chi connectivity index (χ2n) is 5.94. The summed E-state index contributed by atoms with van der Waals surface area (Å²) in [7, 11) is 0. The minimum absolute atomic E-state index is 0.0451. The molecule has 3 aromatic rings. The van der Waals surface area contributed by atoms with E-state index in [1.807, 2.05) is 0 Å². The van der Waals surface area contributed by atoms with Crippen LogP contribution in [0.25, 0.3) is 17.4 Å². The van der Waals surface area contributed by atoms with E-state index in [9.17, 15) is 14.9 Å². The summed E-state index contributed by atoms with van der Waals surface area (Å²) in [6.07, 6.45) is 2.75. The summed E-state index contributed by atoms with van der Waals surface area (Å²) in [5.74, 6) is 0.526. The number of amides is 1. The van der Waals surface area contributed by atoms with Gasteiger partial charge < -0.3 is 9.73 Å². The van der Waals surface area contributed by atoms with Crippen molar-refractivity contribution in [2.75, 3.05) is 5.32 Å². The van der Waals surface area contributed by atoms with Crippen molar-refractivity contribution in [3.05, 3.63) is 86.6 Å². The molecular weight excluding hydrogens is 449 g/mol. The Morgan fingerprint density at radius 1 is 1.07 bits per heavy atom. The summed E-state index contributed by atoms with van der Waals surface area (Å²) in [6.45, 7) is 0. The van der Waals surface area contributed by atoms with E-state index in [-0.39, 0.29) is 10.8 Å². The first kappa shape index (κ1) is 21.5. The lowest BCUT2D eigenvalue weighted by atomic mass is 10.2. The zero-order chi connectivity index (χ0) is 21.7. The second-order valence-corrected chi connectivity index (χ2v) is 7.22. The minimum atomic E-state index is -0.504. The van der Waals surface area contributed by atoms with E-state index in [1.165, 1.54) is 36.4 Å². The lowest BCUT2D eigenvalue weighted by Gasteiger charge is -2.07. The number of thiocarbonyl (C=S) groups is 1. The van der Waals surface area contributed by atoms with Gasteiger partial charge in [0.15, 0.2) is 5.11 Å². The Labute approximate surface area is 186 Å². The summed E-state index contributed by atoms with van der Waals surface area (Å²) in [4.78, 5) is 22.2. The third-order valence-electron chi connectivity index (χ3n) is 3.75. The zero-order valence-corrected chi connectivity index (χ0v) is 17.4. The number of furan rings is 1. The fraction of sp³-hybridized carbons (Fsp3) is 0. The van der Waals surface area contributed by atoms with Gasteiger partial charge in [0, 0.05) is 39.5 Å². The van der Waals surface area contributed by atoms with Gasteiger partial charge >= 0.3 is 0 Å². The van der Waals surface area contributed by atoms with E-state index in [4.69, 9.17) is 39.8 Å². The monoisotopic (exact) mass is 461 g/mol. The van der Waals surface area contributed by atoms with Gasteiger partial charge in [0.25, 0.3) is 5.69 Å². The smallest absolute Gasteiger partial charge is 0.269 e. The Kier molecular flexibility index (Phi) is 6.83. The van der Waals surface area contributed by atoms with Crippen molar-refractivity contribution in [3.8, 4) is 11.3 Å². The van der Waals surface area contributed by atoms with Crippen LogP contribution in [0.1, 0.15) is 5.76 Å². The van der Waals surface area contributed by atoms with Crippen LogP contribution < -0.4 is 10.6 Å². The molecule has 0 saturated carbocycles. The second kappa shape index (κ2) is 9.53. The van der Waals surface area contributed by atoms with Gasteiger partial charge in [-0.2, -0.15) is 0 Å². The number of non-ortho nitro benzene ring substituents is 1. The van der Waals surface area contributed by atoms with Gasteiger partial charge in [-0.25, -0.2) is 0 Å². The van der Waals surface area contributed by atoms with Crippen molar-refractivity contribution < 1.29 is 14.1 Å². The Bertz CT molecular complexity index is 1120. The molecule has 0 unspecified atom stereocenters. The normalized spacial score (nSPS) is 10.7. The molecule has 3 rings (SSSR count). The summed E-state index contributed by atoms with van der Waals surface area (Å²) < 4.78 is 5.67. The number of rotatable bonds is 5. The van der Waals surface area contributed by atoms with E-state index in [2.05, 4.69) is 10.6 Å². The number of halogens is 2. The highest BCUT2D eigenvalue weighted by Crippen LogP contribution is 2.28. The number of benzene rings is 2. The lowest BCUT2D eigenvalue weighted by Crippen LogP contribution is -2.32. The molecule has 1 amide bonds. The highest BCUT2D eigenvalue weighted by atomic mass is 35.5. The molecule has 1 heterocycles. The molecule has 0 aliphatic carbocycles. The first-order valence-corrected chi connectivity index (χ1v) is 9.57. The predicted octanol–water partition coefficient (Wildman–Crippen LogP) is 5.69. The maximum atomic E-state index is 12.0. The molecule has 0 aliphatic rings. The first-order chi connectivity index (χ1) is 14.3. The van der Waals surface area contributed by atoms with E-state index >= 15 is 0 Å². The quantitative estimate of drug-likeness (QED) is 0.219. The topological polar surface area (TPSA) is 97.4 Å². The maximum Gasteiger partial charge on any atom is 0.269 e. The van der Waals surface area contributed by atoms with Crippen LogP contribution in [0.15, 0.2) is 65.1 Å². The molecule has 0 fully saturated rings. The van der Waals surface area contributed by atoms with Crippen LogP contribution in [0.3, 0.4) is 0 Å². The number of nitrogens with zero attached hydrogens (tertiary/aromatic N) is 1. The van der Waals surface area contributed by atoms with Crippen LogP contribution in [0.5, 0.6) is 0 Å². The van der Waals surface area contributed by atoms with Crippen molar-refractivity contribution in [1.29, 1.82) is 0 Å². The molecule has 152 valence electrons. The van der Waals surface area contributed by atoms with Gasteiger partial charge in [0.2, 0.25) is 5.91 Å². The van der Waals surface area contributed by atoms with Crippen LogP contribution >= 0.6 is 35.4 Å². The first-order valence-electron chi connectivity index (χ1n) is 8.41. The number of hydrogen-bond acceptors (Lipinski definition) is 5. The zero-order valence-electron chi connectivity index (χ0n) is 15.1. The molecule has 0 radical (unpaired) electrons. The fourth-order valence-corrected chi connectivity index (χ4v) is 3.18. The van der Waals surface area contributed by atoms with Crippen LogP contribution in [-0.4, -0.2) is 15.9 Å². The van der Waals surface area contributed by atoms with E-state index in [0.29, 0.717) is 32.8 Å². The largest absolute Gasteiger partial charge is 0.457 e. The Hall–Kier alpha value is -3.20. The Morgan fingerprint density at radius 2 is 1.73 bits per heavy atom.